The Kier molecular flexibility index (Phi) is 14.0. The maximum atomic E-state index is 5.45. The number of methoxy groups -OCH3 is 1. The van der Waals surface area contributed by atoms with Crippen LogP contribution >= 0.6 is 24.0 Å². The van der Waals surface area contributed by atoms with Crippen LogP contribution in [0.25, 0.3) is 0 Å². The normalized spacial score (nSPS) is 11.1. The Balaban J connectivity index is 0.00000529. The Hall–Kier alpha value is -0.860. The van der Waals surface area contributed by atoms with Crippen molar-refractivity contribution < 1.29 is 9.47 Å². The minimum absolute atomic E-state index is 0. The SMILES string of the molecule is CCc1ccc(CN(C)C(=NC)NCCCOCCOC)cc1.I. The third-order valence-electron chi connectivity index (χ3n) is 3.60. The van der Waals surface area contributed by atoms with E-state index in [1.165, 1.54) is 11.1 Å². The number of halogens is 1. The van der Waals surface area contributed by atoms with Crippen molar-refractivity contribution in [2.75, 3.05) is 47.6 Å². The summed E-state index contributed by atoms with van der Waals surface area (Å²) in [5, 5.41) is 3.37. The van der Waals surface area contributed by atoms with Crippen LogP contribution in [0.3, 0.4) is 0 Å². The van der Waals surface area contributed by atoms with Gasteiger partial charge in [-0.1, -0.05) is 31.2 Å². The number of rotatable bonds is 10. The molecule has 0 atom stereocenters. The summed E-state index contributed by atoms with van der Waals surface area (Å²) < 4.78 is 10.4. The molecule has 0 amide bonds. The number of nitrogens with one attached hydrogen (secondary N) is 1. The van der Waals surface area contributed by atoms with Gasteiger partial charge in [0.15, 0.2) is 5.96 Å². The van der Waals surface area contributed by atoms with Crippen LogP contribution in [-0.4, -0.2) is 58.4 Å². The molecular formula is C18H32IN3O2. The number of aryl methyl sites for hydroxylation is 1. The quantitative estimate of drug-likeness (QED) is 0.258. The van der Waals surface area contributed by atoms with Crippen molar-refractivity contribution >= 4 is 29.9 Å². The lowest BCUT2D eigenvalue weighted by molar-refractivity contribution is 0.0698. The van der Waals surface area contributed by atoms with Gasteiger partial charge in [0.1, 0.15) is 0 Å². The Morgan fingerprint density at radius 1 is 1.12 bits per heavy atom. The second-order valence-electron chi connectivity index (χ2n) is 5.46. The smallest absolute Gasteiger partial charge is 0.193 e. The Morgan fingerprint density at radius 2 is 1.79 bits per heavy atom. The van der Waals surface area contributed by atoms with Gasteiger partial charge in [0.2, 0.25) is 0 Å². The Bertz CT molecular complexity index is 452. The van der Waals surface area contributed by atoms with Crippen LogP contribution in [0.4, 0.5) is 0 Å². The van der Waals surface area contributed by atoms with E-state index in [2.05, 4.69) is 53.4 Å². The van der Waals surface area contributed by atoms with Crippen molar-refractivity contribution in [1.29, 1.82) is 0 Å². The minimum atomic E-state index is 0. The third-order valence-corrected chi connectivity index (χ3v) is 3.60. The molecule has 0 aliphatic heterocycles. The van der Waals surface area contributed by atoms with Crippen molar-refractivity contribution in [1.82, 2.24) is 10.2 Å². The first-order valence-electron chi connectivity index (χ1n) is 8.27. The molecule has 1 aromatic rings. The Morgan fingerprint density at radius 3 is 2.38 bits per heavy atom. The second-order valence-corrected chi connectivity index (χ2v) is 5.46. The van der Waals surface area contributed by atoms with E-state index in [0.717, 1.165) is 38.5 Å². The Labute approximate surface area is 163 Å². The lowest BCUT2D eigenvalue weighted by Gasteiger charge is -2.22. The molecular weight excluding hydrogens is 417 g/mol. The lowest BCUT2D eigenvalue weighted by Crippen LogP contribution is -2.39. The summed E-state index contributed by atoms with van der Waals surface area (Å²) in [6, 6.07) is 8.76. The molecule has 1 rings (SSSR count). The van der Waals surface area contributed by atoms with Gasteiger partial charge in [-0.05, 0) is 24.0 Å². The highest BCUT2D eigenvalue weighted by molar-refractivity contribution is 14.0. The highest BCUT2D eigenvalue weighted by atomic mass is 127. The zero-order chi connectivity index (χ0) is 16.9. The van der Waals surface area contributed by atoms with Gasteiger partial charge < -0.3 is 19.7 Å². The molecule has 0 spiro atoms. The summed E-state index contributed by atoms with van der Waals surface area (Å²) in [5.41, 5.74) is 2.66. The zero-order valence-corrected chi connectivity index (χ0v) is 17.7. The van der Waals surface area contributed by atoms with Crippen LogP contribution < -0.4 is 5.32 Å². The summed E-state index contributed by atoms with van der Waals surface area (Å²) in [7, 11) is 5.55. The molecule has 138 valence electrons. The fourth-order valence-corrected chi connectivity index (χ4v) is 2.23. The van der Waals surface area contributed by atoms with Crippen LogP contribution in [0.2, 0.25) is 0 Å². The molecule has 0 aliphatic rings. The van der Waals surface area contributed by atoms with E-state index >= 15 is 0 Å². The fraction of sp³-hybridized carbons (Fsp3) is 0.611. The van der Waals surface area contributed by atoms with Crippen LogP contribution in [0, 0.1) is 0 Å². The van der Waals surface area contributed by atoms with Crippen LogP contribution in [-0.2, 0) is 22.4 Å². The van der Waals surface area contributed by atoms with Crippen molar-refractivity contribution in [2.24, 2.45) is 4.99 Å². The van der Waals surface area contributed by atoms with E-state index in [0.29, 0.717) is 13.2 Å². The number of guanidine groups is 1. The van der Waals surface area contributed by atoms with Gasteiger partial charge in [0.05, 0.1) is 13.2 Å². The first-order valence-corrected chi connectivity index (χ1v) is 8.27. The van der Waals surface area contributed by atoms with Crippen LogP contribution in [0.1, 0.15) is 24.5 Å². The van der Waals surface area contributed by atoms with Crippen molar-refractivity contribution in [3.8, 4) is 0 Å². The highest BCUT2D eigenvalue weighted by Gasteiger charge is 2.06. The number of aliphatic imine (C=N–C) groups is 1. The lowest BCUT2D eigenvalue weighted by atomic mass is 10.1. The average Bonchev–Trinajstić information content (AvgIpc) is 2.58. The van der Waals surface area contributed by atoms with E-state index in [9.17, 15) is 0 Å². The molecule has 0 saturated carbocycles. The summed E-state index contributed by atoms with van der Waals surface area (Å²) in [4.78, 5) is 6.47. The van der Waals surface area contributed by atoms with E-state index in [4.69, 9.17) is 9.47 Å². The molecule has 0 fully saturated rings. The van der Waals surface area contributed by atoms with Gasteiger partial charge >= 0.3 is 0 Å². The number of hydrogen-bond donors (Lipinski definition) is 1. The van der Waals surface area contributed by atoms with Gasteiger partial charge in [-0.15, -0.1) is 24.0 Å². The molecule has 0 heterocycles. The standard InChI is InChI=1S/C18H31N3O2.HI/c1-5-16-7-9-17(10-8-16)15-21(3)18(19-2)20-11-6-12-23-14-13-22-4;/h7-10H,5-6,11-15H2,1-4H3,(H,19,20);1H. The minimum Gasteiger partial charge on any atom is -0.382 e. The highest BCUT2D eigenvalue weighted by Crippen LogP contribution is 2.07. The van der Waals surface area contributed by atoms with Crippen molar-refractivity contribution in [3.63, 3.8) is 0 Å². The number of ether oxygens (including phenoxy) is 2. The number of nitrogens with zero attached hydrogens (tertiary/aromatic N) is 2. The second kappa shape index (κ2) is 14.5. The average molecular weight is 449 g/mol. The molecule has 0 aromatic heterocycles. The fourth-order valence-electron chi connectivity index (χ4n) is 2.23. The monoisotopic (exact) mass is 449 g/mol. The molecule has 0 radical (unpaired) electrons. The molecule has 0 saturated heterocycles. The predicted octanol–water partition coefficient (Wildman–Crippen LogP) is 2.93. The first kappa shape index (κ1) is 23.1. The van der Waals surface area contributed by atoms with Crippen molar-refractivity contribution in [2.45, 2.75) is 26.3 Å². The molecule has 5 nitrogen and oxygen atoms in total. The van der Waals surface area contributed by atoms with Gasteiger partial charge in [-0.25, -0.2) is 0 Å². The van der Waals surface area contributed by atoms with Crippen LogP contribution in [0.15, 0.2) is 29.3 Å². The maximum absolute atomic E-state index is 5.45. The number of benzene rings is 1. The zero-order valence-electron chi connectivity index (χ0n) is 15.4. The summed E-state index contributed by atoms with van der Waals surface area (Å²) in [6.07, 6.45) is 2.02. The molecule has 6 heteroatoms. The van der Waals surface area contributed by atoms with Gasteiger partial charge in [-0.3, -0.25) is 4.99 Å². The molecule has 0 bridgehead atoms. The van der Waals surface area contributed by atoms with Gasteiger partial charge in [0.25, 0.3) is 0 Å². The first-order chi connectivity index (χ1) is 11.2. The van der Waals surface area contributed by atoms with E-state index in [1.807, 2.05) is 7.05 Å². The predicted molar refractivity (Wildman–Crippen MR) is 111 cm³/mol. The third kappa shape index (κ3) is 9.44. The maximum Gasteiger partial charge on any atom is 0.193 e. The topological polar surface area (TPSA) is 46.1 Å². The van der Waals surface area contributed by atoms with E-state index in [-0.39, 0.29) is 24.0 Å². The molecule has 0 aliphatic carbocycles. The largest absolute Gasteiger partial charge is 0.382 e. The molecule has 24 heavy (non-hydrogen) atoms. The van der Waals surface area contributed by atoms with E-state index in [1.54, 1.807) is 7.11 Å². The molecule has 1 aromatic carbocycles. The summed E-state index contributed by atoms with van der Waals surface area (Å²) in [6.45, 7) is 5.89. The molecule has 0 unspecified atom stereocenters. The van der Waals surface area contributed by atoms with Crippen LogP contribution in [0.5, 0.6) is 0 Å². The molecule has 1 N–H and O–H groups in total. The summed E-state index contributed by atoms with van der Waals surface area (Å²) in [5.74, 6) is 0.904. The van der Waals surface area contributed by atoms with Crippen molar-refractivity contribution in [3.05, 3.63) is 35.4 Å². The van der Waals surface area contributed by atoms with Gasteiger partial charge in [-0.2, -0.15) is 0 Å². The van der Waals surface area contributed by atoms with Gasteiger partial charge in [0, 0.05) is 40.9 Å². The number of hydrogen-bond acceptors (Lipinski definition) is 3. The summed E-state index contributed by atoms with van der Waals surface area (Å²) >= 11 is 0. The van der Waals surface area contributed by atoms with E-state index < -0.39 is 0 Å².